The van der Waals surface area contributed by atoms with Crippen LogP contribution in [-0.2, 0) is 28.6 Å². The van der Waals surface area contributed by atoms with Crippen LogP contribution in [0.15, 0.2) is 109 Å². The van der Waals surface area contributed by atoms with Crippen molar-refractivity contribution >= 4 is 40.4 Å². The van der Waals surface area contributed by atoms with E-state index in [1.54, 1.807) is 26.8 Å². The maximum absolute atomic E-state index is 13.4. The van der Waals surface area contributed by atoms with Gasteiger partial charge in [-0.05, 0) is 125 Å². The molecule has 0 saturated carbocycles. The first-order chi connectivity index (χ1) is 30.7. The summed E-state index contributed by atoms with van der Waals surface area (Å²) in [7, 11) is 0. The number of fused-ring (bicyclic) bond motifs is 1. The minimum atomic E-state index is -0.729. The van der Waals surface area contributed by atoms with E-state index in [-0.39, 0.29) is 78.9 Å². The van der Waals surface area contributed by atoms with E-state index >= 15 is 0 Å². The maximum Gasteiger partial charge on any atom is 0.343 e. The number of ketones is 1. The normalized spacial score (nSPS) is 10.6. The van der Waals surface area contributed by atoms with Crippen molar-refractivity contribution in [3.05, 3.63) is 120 Å². The van der Waals surface area contributed by atoms with Crippen molar-refractivity contribution in [1.29, 1.82) is 0 Å². The molecule has 0 aliphatic rings. The molecule has 0 atom stereocenters. The standard InChI is InChI=1S/C50H56O14/c1-33(2)47(52)59-23-11-9-8-10-22-56-40-17-14-38-29-41(18-15-37(38)28-40)62-32-63-44-21-19-42(31-43(44)36(7)51)64-50(55)39-16-20-45(57-24-12-26-60-48(53)34(3)4)46(30-39)58-25-13-27-61-49(54)35(5)6/h14-21,28-31H,1,3,5,8-13,22-27,32H2,2,4,6-7H3. The van der Waals surface area contributed by atoms with Gasteiger partial charge in [-0.1, -0.05) is 31.9 Å². The number of hydrogen-bond donors (Lipinski definition) is 0. The van der Waals surface area contributed by atoms with Gasteiger partial charge in [-0.15, -0.1) is 0 Å². The molecule has 340 valence electrons. The van der Waals surface area contributed by atoms with Crippen LogP contribution >= 0.6 is 0 Å². The smallest absolute Gasteiger partial charge is 0.343 e. The minimum Gasteiger partial charge on any atom is -0.494 e. The van der Waals surface area contributed by atoms with Crippen LogP contribution in [0.2, 0.25) is 0 Å². The van der Waals surface area contributed by atoms with Crippen molar-refractivity contribution < 1.29 is 66.6 Å². The molecule has 0 bridgehead atoms. The molecule has 14 nitrogen and oxygen atoms in total. The van der Waals surface area contributed by atoms with Crippen LogP contribution in [0.4, 0.5) is 0 Å². The van der Waals surface area contributed by atoms with Crippen LogP contribution in [0.5, 0.6) is 34.5 Å². The fraction of sp³-hybridized carbons (Fsp3) is 0.340. The number of hydrogen-bond acceptors (Lipinski definition) is 14. The lowest BCUT2D eigenvalue weighted by Gasteiger charge is -2.15. The predicted octanol–water partition coefficient (Wildman–Crippen LogP) is 9.51. The Morgan fingerprint density at radius 2 is 0.922 bits per heavy atom. The SMILES string of the molecule is C=C(C)C(=O)OCCCCCCOc1ccc2cc(OCOc3ccc(OC(=O)c4ccc(OCCCOC(=O)C(=C)C)c(OCCCOC(=O)C(=C)C)c4)cc3C(C)=O)ccc2c1. The van der Waals surface area contributed by atoms with Crippen molar-refractivity contribution in [2.75, 3.05) is 46.4 Å². The largest absolute Gasteiger partial charge is 0.494 e. The highest BCUT2D eigenvalue weighted by Crippen LogP contribution is 2.31. The molecular weight excluding hydrogens is 825 g/mol. The summed E-state index contributed by atoms with van der Waals surface area (Å²) in [5.74, 6) is -0.206. The van der Waals surface area contributed by atoms with Gasteiger partial charge in [0.1, 0.15) is 23.0 Å². The molecule has 0 heterocycles. The Bertz CT molecular complexity index is 2310. The van der Waals surface area contributed by atoms with Gasteiger partial charge in [0.15, 0.2) is 17.3 Å². The first-order valence-electron chi connectivity index (χ1n) is 20.9. The summed E-state index contributed by atoms with van der Waals surface area (Å²) >= 11 is 0. The van der Waals surface area contributed by atoms with Gasteiger partial charge in [-0.3, -0.25) is 4.79 Å². The summed E-state index contributed by atoms with van der Waals surface area (Å²) in [5, 5.41) is 1.91. The van der Waals surface area contributed by atoms with Crippen LogP contribution in [0.25, 0.3) is 10.8 Å². The molecule has 14 heteroatoms. The molecule has 0 aromatic heterocycles. The van der Waals surface area contributed by atoms with E-state index in [0.717, 1.165) is 42.2 Å². The summed E-state index contributed by atoms with van der Waals surface area (Å²) in [6.45, 7) is 18.1. The topological polar surface area (TPSA) is 168 Å². The number of rotatable bonds is 28. The van der Waals surface area contributed by atoms with Crippen molar-refractivity contribution in [3.8, 4) is 34.5 Å². The predicted molar refractivity (Wildman–Crippen MR) is 239 cm³/mol. The highest BCUT2D eigenvalue weighted by molar-refractivity contribution is 5.98. The van der Waals surface area contributed by atoms with Gasteiger partial charge in [0.2, 0.25) is 6.79 Å². The molecule has 64 heavy (non-hydrogen) atoms. The second-order valence-electron chi connectivity index (χ2n) is 14.8. The fourth-order valence-corrected chi connectivity index (χ4v) is 5.64. The lowest BCUT2D eigenvalue weighted by Crippen LogP contribution is -2.13. The molecule has 0 radical (unpaired) electrons. The number of ether oxygens (including phenoxy) is 9. The number of Topliss-reactive ketones (excluding diaryl/α,β-unsaturated/α-hetero) is 1. The molecule has 0 amide bonds. The average Bonchev–Trinajstić information content (AvgIpc) is 3.27. The van der Waals surface area contributed by atoms with E-state index in [2.05, 4.69) is 19.7 Å². The van der Waals surface area contributed by atoms with E-state index in [0.29, 0.717) is 48.7 Å². The molecule has 0 spiro atoms. The molecule has 4 aromatic rings. The molecule has 0 N–H and O–H groups in total. The quantitative estimate of drug-likeness (QED) is 0.0101. The molecule has 4 aromatic carbocycles. The summed E-state index contributed by atoms with van der Waals surface area (Å²) in [5.41, 5.74) is 1.28. The van der Waals surface area contributed by atoms with Crippen molar-refractivity contribution in [2.24, 2.45) is 0 Å². The van der Waals surface area contributed by atoms with E-state index in [9.17, 15) is 24.0 Å². The Hall–Kier alpha value is -7.09. The van der Waals surface area contributed by atoms with Gasteiger partial charge in [-0.25, -0.2) is 19.2 Å². The van der Waals surface area contributed by atoms with E-state index in [4.69, 9.17) is 42.6 Å². The van der Waals surface area contributed by atoms with E-state index in [1.165, 1.54) is 37.3 Å². The monoisotopic (exact) mass is 880 g/mol. The first-order valence-corrected chi connectivity index (χ1v) is 20.9. The summed E-state index contributed by atoms with van der Waals surface area (Å²) in [4.78, 5) is 60.9. The highest BCUT2D eigenvalue weighted by atomic mass is 16.7. The Labute approximate surface area is 373 Å². The first kappa shape index (κ1) is 49.6. The van der Waals surface area contributed by atoms with Crippen LogP contribution in [0.1, 0.15) is 86.9 Å². The zero-order valence-corrected chi connectivity index (χ0v) is 37.0. The Kier molecular flexibility index (Phi) is 19.9. The van der Waals surface area contributed by atoms with E-state index in [1.807, 2.05) is 36.4 Å². The van der Waals surface area contributed by atoms with Gasteiger partial charge in [0, 0.05) is 29.6 Å². The minimum absolute atomic E-state index is 0.0898. The number of carbonyl (C=O) groups excluding carboxylic acids is 5. The zero-order valence-electron chi connectivity index (χ0n) is 37.0. The van der Waals surface area contributed by atoms with Gasteiger partial charge in [-0.2, -0.15) is 0 Å². The van der Waals surface area contributed by atoms with E-state index < -0.39 is 17.9 Å². The number of esters is 4. The van der Waals surface area contributed by atoms with Gasteiger partial charge in [0.05, 0.1) is 50.8 Å². The molecule has 0 aliphatic carbocycles. The fourth-order valence-electron chi connectivity index (χ4n) is 5.64. The van der Waals surface area contributed by atoms with Crippen LogP contribution in [0, 0.1) is 0 Å². The molecule has 0 unspecified atom stereocenters. The third-order valence-corrected chi connectivity index (χ3v) is 9.09. The lowest BCUT2D eigenvalue weighted by atomic mass is 10.1. The molecule has 4 rings (SSSR count). The lowest BCUT2D eigenvalue weighted by molar-refractivity contribution is -0.140. The molecular formula is C50H56O14. The van der Waals surface area contributed by atoms with Crippen molar-refractivity contribution in [1.82, 2.24) is 0 Å². The van der Waals surface area contributed by atoms with Crippen LogP contribution in [-0.4, -0.2) is 76.1 Å². The Balaban J connectivity index is 1.30. The molecule has 0 fully saturated rings. The van der Waals surface area contributed by atoms with Gasteiger partial charge in [0.25, 0.3) is 0 Å². The highest BCUT2D eigenvalue weighted by Gasteiger charge is 2.18. The molecule has 0 saturated heterocycles. The summed E-state index contributed by atoms with van der Waals surface area (Å²) in [6, 6.07) is 20.4. The van der Waals surface area contributed by atoms with Crippen LogP contribution < -0.4 is 28.4 Å². The van der Waals surface area contributed by atoms with Crippen LogP contribution in [0.3, 0.4) is 0 Å². The Morgan fingerprint density at radius 3 is 1.48 bits per heavy atom. The second-order valence-corrected chi connectivity index (χ2v) is 14.8. The average molecular weight is 881 g/mol. The number of carbonyl (C=O) groups is 5. The van der Waals surface area contributed by atoms with Crippen molar-refractivity contribution in [2.45, 2.75) is 66.2 Å². The maximum atomic E-state index is 13.4. The van der Waals surface area contributed by atoms with Gasteiger partial charge < -0.3 is 42.6 Å². The molecule has 0 aliphatic heterocycles. The van der Waals surface area contributed by atoms with Crippen molar-refractivity contribution in [3.63, 3.8) is 0 Å². The second kappa shape index (κ2) is 25.8. The Morgan fingerprint density at radius 1 is 0.438 bits per heavy atom. The third-order valence-electron chi connectivity index (χ3n) is 9.09. The summed E-state index contributed by atoms with van der Waals surface area (Å²) < 4.78 is 50.4. The number of benzene rings is 4. The summed E-state index contributed by atoms with van der Waals surface area (Å²) in [6.07, 6.45) is 4.29. The number of unbranched alkanes of at least 4 members (excludes halogenated alkanes) is 3. The zero-order chi connectivity index (χ0) is 46.4. The third kappa shape index (κ3) is 16.6. The van der Waals surface area contributed by atoms with Gasteiger partial charge >= 0.3 is 23.9 Å².